The molecule has 126 valence electrons. The van der Waals surface area contributed by atoms with Crippen LogP contribution in [0, 0.1) is 6.92 Å². The molecule has 1 heterocycles. The fourth-order valence-electron chi connectivity index (χ4n) is 2.39. The van der Waals surface area contributed by atoms with Crippen LogP contribution >= 0.6 is 0 Å². The zero-order valence-electron chi connectivity index (χ0n) is 14.1. The van der Waals surface area contributed by atoms with E-state index < -0.39 is 0 Å². The first-order chi connectivity index (χ1) is 12.2. The van der Waals surface area contributed by atoms with Crippen LogP contribution in [0.4, 0.5) is 0 Å². The fraction of sp³-hybridized carbons (Fsp3) is 0.143. The number of pyridine rings is 1. The van der Waals surface area contributed by atoms with Gasteiger partial charge < -0.3 is 10.1 Å². The van der Waals surface area contributed by atoms with E-state index in [2.05, 4.69) is 10.3 Å². The minimum Gasteiger partial charge on any atom is -0.489 e. The number of nitrogens with zero attached hydrogens (tertiary/aromatic N) is 1. The molecular weight excluding hydrogens is 312 g/mol. The summed E-state index contributed by atoms with van der Waals surface area (Å²) < 4.78 is 5.76. The van der Waals surface area contributed by atoms with Gasteiger partial charge in [0.2, 0.25) is 0 Å². The Kier molecular flexibility index (Phi) is 5.42. The Labute approximate surface area is 147 Å². The Hall–Kier alpha value is -3.14. The molecule has 0 unspecified atom stereocenters. The van der Waals surface area contributed by atoms with Crippen LogP contribution in [-0.2, 0) is 13.2 Å². The molecule has 0 bridgehead atoms. The number of rotatable bonds is 6. The standard InChI is InChI=1S/C21H20N2O2/c1-16-6-5-9-20(23-16)21(24)22-14-17-10-12-19(13-11-17)25-15-18-7-3-2-4-8-18/h2-13H,14-15H2,1H3,(H,22,24). The van der Waals surface area contributed by atoms with Crippen LogP contribution < -0.4 is 10.1 Å². The molecule has 4 heteroatoms. The van der Waals surface area contributed by atoms with E-state index in [1.54, 1.807) is 6.07 Å². The summed E-state index contributed by atoms with van der Waals surface area (Å²) in [5.41, 5.74) is 3.40. The van der Waals surface area contributed by atoms with Crippen molar-refractivity contribution in [2.24, 2.45) is 0 Å². The van der Waals surface area contributed by atoms with Crippen LogP contribution in [0.5, 0.6) is 5.75 Å². The van der Waals surface area contributed by atoms with E-state index in [1.807, 2.05) is 73.7 Å². The molecular formula is C21H20N2O2. The predicted octanol–water partition coefficient (Wildman–Crippen LogP) is 3.90. The summed E-state index contributed by atoms with van der Waals surface area (Å²) in [5, 5.41) is 2.88. The van der Waals surface area contributed by atoms with Crippen molar-refractivity contribution >= 4 is 5.91 Å². The minimum absolute atomic E-state index is 0.173. The molecule has 0 atom stereocenters. The Morgan fingerprint density at radius 1 is 0.920 bits per heavy atom. The first-order valence-corrected chi connectivity index (χ1v) is 8.18. The van der Waals surface area contributed by atoms with E-state index in [-0.39, 0.29) is 5.91 Å². The molecule has 0 aliphatic heterocycles. The van der Waals surface area contributed by atoms with E-state index in [0.29, 0.717) is 18.8 Å². The highest BCUT2D eigenvalue weighted by molar-refractivity contribution is 5.92. The molecule has 1 N–H and O–H groups in total. The van der Waals surface area contributed by atoms with Gasteiger partial charge in [-0.05, 0) is 42.3 Å². The maximum Gasteiger partial charge on any atom is 0.270 e. The van der Waals surface area contributed by atoms with E-state index in [1.165, 1.54) is 0 Å². The number of carbonyl (C=O) groups excluding carboxylic acids is 1. The number of hydrogen-bond acceptors (Lipinski definition) is 3. The highest BCUT2D eigenvalue weighted by Gasteiger charge is 2.06. The molecule has 2 aromatic carbocycles. The largest absolute Gasteiger partial charge is 0.489 e. The second kappa shape index (κ2) is 8.11. The number of hydrogen-bond donors (Lipinski definition) is 1. The lowest BCUT2D eigenvalue weighted by Crippen LogP contribution is -2.23. The van der Waals surface area contributed by atoms with Gasteiger partial charge in [-0.15, -0.1) is 0 Å². The van der Waals surface area contributed by atoms with Gasteiger partial charge in [-0.25, -0.2) is 4.98 Å². The molecule has 25 heavy (non-hydrogen) atoms. The third-order valence-corrected chi connectivity index (χ3v) is 3.75. The van der Waals surface area contributed by atoms with Gasteiger partial charge in [-0.1, -0.05) is 48.5 Å². The lowest BCUT2D eigenvalue weighted by molar-refractivity contribution is 0.0945. The normalized spacial score (nSPS) is 10.3. The average Bonchev–Trinajstić information content (AvgIpc) is 2.66. The average molecular weight is 332 g/mol. The summed E-state index contributed by atoms with van der Waals surface area (Å²) in [6, 6.07) is 23.2. The topological polar surface area (TPSA) is 51.2 Å². The fourth-order valence-corrected chi connectivity index (χ4v) is 2.39. The van der Waals surface area contributed by atoms with Crippen molar-refractivity contribution in [1.82, 2.24) is 10.3 Å². The van der Waals surface area contributed by atoms with E-state index in [9.17, 15) is 4.79 Å². The van der Waals surface area contributed by atoms with E-state index in [4.69, 9.17) is 4.74 Å². The smallest absolute Gasteiger partial charge is 0.270 e. The number of amides is 1. The maximum absolute atomic E-state index is 12.1. The van der Waals surface area contributed by atoms with Crippen LogP contribution in [0.25, 0.3) is 0 Å². The number of ether oxygens (including phenoxy) is 1. The Morgan fingerprint density at radius 3 is 2.40 bits per heavy atom. The van der Waals surface area contributed by atoms with Crippen LogP contribution in [0.15, 0.2) is 72.8 Å². The van der Waals surface area contributed by atoms with Crippen molar-refractivity contribution in [2.45, 2.75) is 20.1 Å². The first kappa shape index (κ1) is 16.7. The lowest BCUT2D eigenvalue weighted by atomic mass is 10.2. The van der Waals surface area contributed by atoms with Crippen molar-refractivity contribution in [3.8, 4) is 5.75 Å². The quantitative estimate of drug-likeness (QED) is 0.745. The van der Waals surface area contributed by atoms with Crippen LogP contribution in [0.1, 0.15) is 27.3 Å². The molecule has 3 rings (SSSR count). The second-order valence-electron chi connectivity index (χ2n) is 5.77. The van der Waals surface area contributed by atoms with Gasteiger partial charge in [-0.2, -0.15) is 0 Å². The minimum atomic E-state index is -0.173. The monoisotopic (exact) mass is 332 g/mol. The van der Waals surface area contributed by atoms with E-state index in [0.717, 1.165) is 22.6 Å². The summed E-state index contributed by atoms with van der Waals surface area (Å²) in [4.78, 5) is 16.3. The zero-order valence-corrected chi connectivity index (χ0v) is 14.1. The number of carbonyl (C=O) groups is 1. The molecule has 0 fully saturated rings. The highest BCUT2D eigenvalue weighted by atomic mass is 16.5. The Balaban J connectivity index is 1.51. The van der Waals surface area contributed by atoms with Gasteiger partial charge in [0.25, 0.3) is 5.91 Å². The Morgan fingerprint density at radius 2 is 1.68 bits per heavy atom. The number of aryl methyl sites for hydroxylation is 1. The molecule has 0 aliphatic carbocycles. The molecule has 0 saturated carbocycles. The van der Waals surface area contributed by atoms with Crippen molar-refractivity contribution in [3.05, 3.63) is 95.3 Å². The van der Waals surface area contributed by atoms with Gasteiger partial charge in [0.1, 0.15) is 18.1 Å². The Bertz CT molecular complexity index is 830. The van der Waals surface area contributed by atoms with E-state index >= 15 is 0 Å². The zero-order chi connectivity index (χ0) is 17.5. The van der Waals surface area contributed by atoms with Crippen molar-refractivity contribution in [3.63, 3.8) is 0 Å². The number of aromatic nitrogens is 1. The van der Waals surface area contributed by atoms with Gasteiger partial charge in [0.15, 0.2) is 0 Å². The third kappa shape index (κ3) is 4.91. The summed E-state index contributed by atoms with van der Waals surface area (Å²) in [6.07, 6.45) is 0. The molecule has 0 spiro atoms. The number of benzene rings is 2. The molecule has 0 aliphatic rings. The van der Waals surface area contributed by atoms with Crippen LogP contribution in [0.3, 0.4) is 0 Å². The second-order valence-corrected chi connectivity index (χ2v) is 5.77. The van der Waals surface area contributed by atoms with Gasteiger partial charge in [0.05, 0.1) is 0 Å². The molecule has 1 amide bonds. The molecule has 0 saturated heterocycles. The first-order valence-electron chi connectivity index (χ1n) is 8.18. The predicted molar refractivity (Wildman–Crippen MR) is 97.4 cm³/mol. The summed E-state index contributed by atoms with van der Waals surface area (Å²) in [5.74, 6) is 0.632. The molecule has 3 aromatic rings. The molecule has 4 nitrogen and oxygen atoms in total. The summed E-state index contributed by atoms with van der Waals surface area (Å²) in [6.45, 7) is 2.86. The third-order valence-electron chi connectivity index (χ3n) is 3.75. The SMILES string of the molecule is Cc1cccc(C(=O)NCc2ccc(OCc3ccccc3)cc2)n1. The van der Waals surface area contributed by atoms with Gasteiger partial charge >= 0.3 is 0 Å². The summed E-state index contributed by atoms with van der Waals surface area (Å²) in [7, 11) is 0. The van der Waals surface area contributed by atoms with Crippen molar-refractivity contribution in [2.75, 3.05) is 0 Å². The number of nitrogens with one attached hydrogen (secondary N) is 1. The molecule has 0 radical (unpaired) electrons. The van der Waals surface area contributed by atoms with Gasteiger partial charge in [0, 0.05) is 12.2 Å². The van der Waals surface area contributed by atoms with Crippen LogP contribution in [0.2, 0.25) is 0 Å². The highest BCUT2D eigenvalue weighted by Crippen LogP contribution is 2.14. The summed E-state index contributed by atoms with van der Waals surface area (Å²) >= 11 is 0. The van der Waals surface area contributed by atoms with Crippen LogP contribution in [-0.4, -0.2) is 10.9 Å². The van der Waals surface area contributed by atoms with Gasteiger partial charge in [-0.3, -0.25) is 4.79 Å². The maximum atomic E-state index is 12.1. The van der Waals surface area contributed by atoms with Crippen molar-refractivity contribution in [1.29, 1.82) is 0 Å². The molecule has 1 aromatic heterocycles. The van der Waals surface area contributed by atoms with Crippen molar-refractivity contribution < 1.29 is 9.53 Å². The lowest BCUT2D eigenvalue weighted by Gasteiger charge is -2.08.